The molecule has 1 saturated carbocycles. The first kappa shape index (κ1) is 11.0. The molecule has 0 amide bonds. The summed E-state index contributed by atoms with van der Waals surface area (Å²) >= 11 is 0. The fourth-order valence-electron chi connectivity index (χ4n) is 2.71. The normalized spacial score (nSPS) is 37.8. The molecule has 0 aliphatic heterocycles. The third-order valence-corrected chi connectivity index (χ3v) is 3.97. The van der Waals surface area contributed by atoms with Gasteiger partial charge in [-0.05, 0) is 30.6 Å². The van der Waals surface area contributed by atoms with Crippen LogP contribution in [0.2, 0.25) is 0 Å². The van der Waals surface area contributed by atoms with Crippen LogP contribution in [-0.2, 0) is 0 Å². The second-order valence-electron chi connectivity index (χ2n) is 5.47. The highest BCUT2D eigenvalue weighted by Crippen LogP contribution is 2.38. The molecule has 1 heteroatoms. The summed E-state index contributed by atoms with van der Waals surface area (Å²) in [7, 11) is 0. The van der Waals surface area contributed by atoms with Gasteiger partial charge in [-0.15, -0.1) is 0 Å². The minimum atomic E-state index is 0.131. The van der Waals surface area contributed by atoms with Gasteiger partial charge in [0.1, 0.15) is 0 Å². The smallest absolute Gasteiger partial charge is 0.0185 e. The Morgan fingerprint density at radius 3 is 2.38 bits per heavy atom. The SMILES string of the molecule is CC1CCCC(N)(C(C)C(C)C)C1. The Bertz CT molecular complexity index is 165. The van der Waals surface area contributed by atoms with E-state index in [0.29, 0.717) is 5.92 Å². The van der Waals surface area contributed by atoms with Crippen molar-refractivity contribution in [3.8, 4) is 0 Å². The molecule has 1 nitrogen and oxygen atoms in total. The molecule has 0 spiro atoms. The highest BCUT2D eigenvalue weighted by molar-refractivity contribution is 4.94. The van der Waals surface area contributed by atoms with Crippen LogP contribution in [0.15, 0.2) is 0 Å². The van der Waals surface area contributed by atoms with Gasteiger partial charge in [0.2, 0.25) is 0 Å². The number of hydrogen-bond acceptors (Lipinski definition) is 1. The van der Waals surface area contributed by atoms with E-state index in [2.05, 4.69) is 27.7 Å². The topological polar surface area (TPSA) is 26.0 Å². The van der Waals surface area contributed by atoms with Gasteiger partial charge in [-0.3, -0.25) is 0 Å². The molecule has 13 heavy (non-hydrogen) atoms. The van der Waals surface area contributed by atoms with Crippen molar-refractivity contribution in [3.05, 3.63) is 0 Å². The van der Waals surface area contributed by atoms with Gasteiger partial charge in [-0.25, -0.2) is 0 Å². The van der Waals surface area contributed by atoms with Crippen molar-refractivity contribution in [1.29, 1.82) is 0 Å². The number of hydrogen-bond donors (Lipinski definition) is 1. The standard InChI is InChI=1S/C12H25N/c1-9(2)11(4)12(13)7-5-6-10(3)8-12/h9-11H,5-8,13H2,1-4H3. The van der Waals surface area contributed by atoms with Crippen LogP contribution in [0.25, 0.3) is 0 Å². The predicted molar refractivity (Wildman–Crippen MR) is 58.6 cm³/mol. The Kier molecular flexibility index (Phi) is 3.39. The summed E-state index contributed by atoms with van der Waals surface area (Å²) in [5.41, 5.74) is 6.62. The second-order valence-corrected chi connectivity index (χ2v) is 5.47. The summed E-state index contributed by atoms with van der Waals surface area (Å²) in [6.45, 7) is 9.24. The van der Waals surface area contributed by atoms with E-state index in [4.69, 9.17) is 5.73 Å². The van der Waals surface area contributed by atoms with Crippen LogP contribution in [0, 0.1) is 17.8 Å². The number of rotatable bonds is 2. The summed E-state index contributed by atoms with van der Waals surface area (Å²) in [6.07, 6.45) is 5.17. The second kappa shape index (κ2) is 4.00. The molecule has 0 heterocycles. The Balaban J connectivity index is 2.63. The molecule has 1 fully saturated rings. The first-order valence-electron chi connectivity index (χ1n) is 5.74. The molecule has 2 N–H and O–H groups in total. The van der Waals surface area contributed by atoms with Crippen LogP contribution in [0.5, 0.6) is 0 Å². The van der Waals surface area contributed by atoms with Gasteiger partial charge in [0.25, 0.3) is 0 Å². The van der Waals surface area contributed by atoms with E-state index < -0.39 is 0 Å². The lowest BCUT2D eigenvalue weighted by Crippen LogP contribution is -2.50. The van der Waals surface area contributed by atoms with E-state index >= 15 is 0 Å². The Hall–Kier alpha value is -0.0400. The van der Waals surface area contributed by atoms with E-state index in [-0.39, 0.29) is 5.54 Å². The summed E-state index contributed by atoms with van der Waals surface area (Å²) in [4.78, 5) is 0. The molecule has 1 aliphatic carbocycles. The molecule has 3 atom stereocenters. The molecule has 1 aliphatic rings. The quantitative estimate of drug-likeness (QED) is 0.699. The van der Waals surface area contributed by atoms with Gasteiger partial charge in [-0.1, -0.05) is 40.5 Å². The van der Waals surface area contributed by atoms with Crippen LogP contribution in [0.3, 0.4) is 0 Å². The van der Waals surface area contributed by atoms with Crippen LogP contribution in [-0.4, -0.2) is 5.54 Å². The monoisotopic (exact) mass is 183 g/mol. The van der Waals surface area contributed by atoms with Crippen LogP contribution in [0.1, 0.15) is 53.4 Å². The van der Waals surface area contributed by atoms with Gasteiger partial charge >= 0.3 is 0 Å². The first-order chi connectivity index (χ1) is 5.96. The van der Waals surface area contributed by atoms with Crippen molar-refractivity contribution in [2.45, 2.75) is 58.9 Å². The average Bonchev–Trinajstić information content (AvgIpc) is 2.02. The van der Waals surface area contributed by atoms with Crippen molar-refractivity contribution in [2.24, 2.45) is 23.5 Å². The highest BCUT2D eigenvalue weighted by Gasteiger charge is 2.36. The van der Waals surface area contributed by atoms with Gasteiger partial charge in [0.05, 0.1) is 0 Å². The van der Waals surface area contributed by atoms with E-state index in [1.165, 1.54) is 25.7 Å². The fraction of sp³-hybridized carbons (Fsp3) is 1.00. The number of nitrogens with two attached hydrogens (primary N) is 1. The third kappa shape index (κ3) is 2.46. The van der Waals surface area contributed by atoms with Crippen LogP contribution >= 0.6 is 0 Å². The molecule has 0 aromatic carbocycles. The lowest BCUT2D eigenvalue weighted by atomic mass is 9.67. The molecule has 0 radical (unpaired) electrons. The van der Waals surface area contributed by atoms with Gasteiger partial charge in [0, 0.05) is 5.54 Å². The van der Waals surface area contributed by atoms with Gasteiger partial charge < -0.3 is 5.73 Å². The maximum Gasteiger partial charge on any atom is 0.0185 e. The average molecular weight is 183 g/mol. The van der Waals surface area contributed by atoms with Gasteiger partial charge in [0.15, 0.2) is 0 Å². The minimum absolute atomic E-state index is 0.131. The van der Waals surface area contributed by atoms with Crippen molar-refractivity contribution in [3.63, 3.8) is 0 Å². The van der Waals surface area contributed by atoms with Crippen LogP contribution < -0.4 is 5.73 Å². The van der Waals surface area contributed by atoms with Crippen molar-refractivity contribution in [2.75, 3.05) is 0 Å². The summed E-state index contributed by atoms with van der Waals surface area (Å²) < 4.78 is 0. The van der Waals surface area contributed by atoms with Crippen molar-refractivity contribution in [1.82, 2.24) is 0 Å². The molecule has 1 rings (SSSR count). The lowest BCUT2D eigenvalue weighted by Gasteiger charge is -2.43. The summed E-state index contributed by atoms with van der Waals surface area (Å²) in [5.74, 6) is 2.21. The molecular formula is C12H25N. The van der Waals surface area contributed by atoms with E-state index in [0.717, 1.165) is 11.8 Å². The van der Waals surface area contributed by atoms with E-state index in [1.54, 1.807) is 0 Å². The zero-order chi connectivity index (χ0) is 10.1. The van der Waals surface area contributed by atoms with E-state index in [1.807, 2.05) is 0 Å². The van der Waals surface area contributed by atoms with Crippen molar-refractivity contribution >= 4 is 0 Å². The highest BCUT2D eigenvalue weighted by atomic mass is 14.8. The summed E-state index contributed by atoms with van der Waals surface area (Å²) in [5, 5.41) is 0. The molecule has 0 bridgehead atoms. The largest absolute Gasteiger partial charge is 0.325 e. The first-order valence-corrected chi connectivity index (χ1v) is 5.74. The van der Waals surface area contributed by atoms with Gasteiger partial charge in [-0.2, -0.15) is 0 Å². The molecule has 0 saturated heterocycles. The Labute approximate surface area is 83.1 Å². The molecule has 3 unspecified atom stereocenters. The minimum Gasteiger partial charge on any atom is -0.325 e. The fourth-order valence-corrected chi connectivity index (χ4v) is 2.71. The zero-order valence-electron chi connectivity index (χ0n) is 9.64. The predicted octanol–water partition coefficient (Wildman–Crippen LogP) is 3.19. The Morgan fingerprint density at radius 1 is 1.31 bits per heavy atom. The summed E-state index contributed by atoms with van der Waals surface area (Å²) in [6, 6.07) is 0. The molecule has 0 aromatic heterocycles. The Morgan fingerprint density at radius 2 is 1.92 bits per heavy atom. The third-order valence-electron chi connectivity index (χ3n) is 3.97. The lowest BCUT2D eigenvalue weighted by molar-refractivity contribution is 0.137. The molecule has 78 valence electrons. The molecule has 0 aromatic rings. The van der Waals surface area contributed by atoms with Crippen molar-refractivity contribution < 1.29 is 0 Å². The van der Waals surface area contributed by atoms with Crippen LogP contribution in [0.4, 0.5) is 0 Å². The maximum atomic E-state index is 6.49. The zero-order valence-corrected chi connectivity index (χ0v) is 9.64. The maximum absolute atomic E-state index is 6.49. The molecular weight excluding hydrogens is 158 g/mol. The van der Waals surface area contributed by atoms with E-state index in [9.17, 15) is 0 Å².